The summed E-state index contributed by atoms with van der Waals surface area (Å²) in [5.41, 5.74) is 0.107. The summed E-state index contributed by atoms with van der Waals surface area (Å²) < 4.78 is 6.00. The van der Waals surface area contributed by atoms with Crippen LogP contribution in [0.25, 0.3) is 0 Å². The Morgan fingerprint density at radius 1 is 1.45 bits per heavy atom. The van der Waals surface area contributed by atoms with Crippen molar-refractivity contribution in [1.82, 2.24) is 10.2 Å². The molecule has 20 heavy (non-hydrogen) atoms. The van der Waals surface area contributed by atoms with Gasteiger partial charge in [-0.3, -0.25) is 14.5 Å². The van der Waals surface area contributed by atoms with Crippen molar-refractivity contribution in [3.05, 3.63) is 11.6 Å². The van der Waals surface area contributed by atoms with E-state index in [2.05, 4.69) is 17.1 Å². The summed E-state index contributed by atoms with van der Waals surface area (Å²) in [5.74, 6) is -0.627. The van der Waals surface area contributed by atoms with E-state index in [0.29, 0.717) is 12.1 Å². The number of hydrogen-bond acceptors (Lipinski definition) is 5. The molecule has 2 aliphatic heterocycles. The van der Waals surface area contributed by atoms with Gasteiger partial charge in [-0.05, 0) is 45.4 Å². The van der Waals surface area contributed by atoms with Crippen molar-refractivity contribution in [2.45, 2.75) is 38.0 Å². The van der Waals surface area contributed by atoms with Crippen LogP contribution in [0.1, 0.15) is 26.7 Å². The Balaban J connectivity index is 1.80. The van der Waals surface area contributed by atoms with Crippen LogP contribution in [-0.2, 0) is 14.3 Å². The number of allylic oxidation sites excluding steroid dienone is 2. The van der Waals surface area contributed by atoms with Gasteiger partial charge in [0.05, 0.1) is 18.1 Å². The molecule has 0 amide bonds. The molecule has 2 fully saturated rings. The topological polar surface area (TPSA) is 58.6 Å². The predicted molar refractivity (Wildman–Crippen MR) is 74.2 cm³/mol. The molecule has 0 spiro atoms. The van der Waals surface area contributed by atoms with E-state index in [1.807, 2.05) is 7.05 Å². The zero-order valence-corrected chi connectivity index (χ0v) is 12.4. The standard InChI is InChI=1S/C15H22N2O3/c1-10-8-12(18)11(13(10)19)9-17-6-4-15(16-3)5-7-20-14(15,17)2/h8,11,16H,4-7,9H2,1-3H3. The van der Waals surface area contributed by atoms with Gasteiger partial charge in [-0.2, -0.15) is 0 Å². The average molecular weight is 278 g/mol. The number of carbonyl (C=O) groups is 2. The molecule has 5 heteroatoms. The van der Waals surface area contributed by atoms with Crippen molar-refractivity contribution < 1.29 is 14.3 Å². The number of likely N-dealkylation sites (tertiary alicyclic amines) is 1. The van der Waals surface area contributed by atoms with Gasteiger partial charge in [-0.1, -0.05) is 0 Å². The van der Waals surface area contributed by atoms with E-state index in [0.717, 1.165) is 26.0 Å². The molecule has 110 valence electrons. The van der Waals surface area contributed by atoms with Crippen molar-refractivity contribution in [2.75, 3.05) is 26.7 Å². The number of likely N-dealkylation sites (N-methyl/N-ethyl adjacent to an activating group) is 1. The maximum Gasteiger partial charge on any atom is 0.170 e. The Hall–Kier alpha value is -1.04. The first-order valence-corrected chi connectivity index (χ1v) is 7.28. The molecule has 5 nitrogen and oxygen atoms in total. The van der Waals surface area contributed by atoms with Crippen LogP contribution in [0, 0.1) is 5.92 Å². The number of hydrogen-bond donors (Lipinski definition) is 1. The fourth-order valence-corrected chi connectivity index (χ4v) is 4.01. The number of ether oxygens (including phenoxy) is 1. The molecule has 0 aromatic heterocycles. The van der Waals surface area contributed by atoms with Crippen LogP contribution in [0.2, 0.25) is 0 Å². The van der Waals surface area contributed by atoms with Crippen LogP contribution in [0.5, 0.6) is 0 Å². The highest BCUT2D eigenvalue weighted by atomic mass is 16.5. The number of rotatable bonds is 3. The van der Waals surface area contributed by atoms with E-state index >= 15 is 0 Å². The van der Waals surface area contributed by atoms with Gasteiger partial charge in [0.25, 0.3) is 0 Å². The average Bonchev–Trinajstić information content (AvgIpc) is 2.95. The van der Waals surface area contributed by atoms with E-state index in [9.17, 15) is 9.59 Å². The van der Waals surface area contributed by atoms with Gasteiger partial charge < -0.3 is 10.1 Å². The van der Waals surface area contributed by atoms with Gasteiger partial charge in [0.1, 0.15) is 5.72 Å². The summed E-state index contributed by atoms with van der Waals surface area (Å²) in [4.78, 5) is 26.2. The molecule has 2 heterocycles. The van der Waals surface area contributed by atoms with Crippen molar-refractivity contribution in [3.8, 4) is 0 Å². The lowest BCUT2D eigenvalue weighted by Crippen LogP contribution is -2.60. The second kappa shape index (κ2) is 4.48. The first kappa shape index (κ1) is 13.9. The number of carbonyl (C=O) groups excluding carboxylic acids is 2. The van der Waals surface area contributed by atoms with Crippen LogP contribution < -0.4 is 5.32 Å². The molecule has 0 radical (unpaired) electrons. The van der Waals surface area contributed by atoms with Crippen LogP contribution in [0.15, 0.2) is 11.6 Å². The van der Waals surface area contributed by atoms with E-state index in [1.165, 1.54) is 6.08 Å². The highest BCUT2D eigenvalue weighted by Gasteiger charge is 2.60. The minimum Gasteiger partial charge on any atom is -0.359 e. The highest BCUT2D eigenvalue weighted by Crippen LogP contribution is 2.46. The van der Waals surface area contributed by atoms with Gasteiger partial charge in [0.15, 0.2) is 11.6 Å². The molecule has 3 atom stereocenters. The zero-order chi connectivity index (χ0) is 14.5. The Kier molecular flexibility index (Phi) is 3.12. The molecule has 0 bridgehead atoms. The van der Waals surface area contributed by atoms with E-state index in [4.69, 9.17) is 4.74 Å². The Morgan fingerprint density at radius 3 is 2.80 bits per heavy atom. The van der Waals surface area contributed by atoms with Gasteiger partial charge >= 0.3 is 0 Å². The summed E-state index contributed by atoms with van der Waals surface area (Å²) >= 11 is 0. The number of nitrogens with one attached hydrogen (secondary N) is 1. The minimum absolute atomic E-state index is 0.0291. The van der Waals surface area contributed by atoms with Crippen LogP contribution >= 0.6 is 0 Å². The predicted octanol–water partition coefficient (Wildman–Crippen LogP) is 0.501. The zero-order valence-electron chi connectivity index (χ0n) is 12.4. The lowest BCUT2D eigenvalue weighted by Gasteiger charge is -2.41. The lowest BCUT2D eigenvalue weighted by atomic mass is 9.87. The molecule has 3 aliphatic rings. The van der Waals surface area contributed by atoms with E-state index in [1.54, 1.807) is 6.92 Å². The smallest absolute Gasteiger partial charge is 0.170 e. The summed E-state index contributed by atoms with van der Waals surface area (Å²) in [6, 6.07) is 0. The van der Waals surface area contributed by atoms with Crippen LogP contribution in [0.4, 0.5) is 0 Å². The van der Waals surface area contributed by atoms with Crippen molar-refractivity contribution >= 4 is 11.6 Å². The van der Waals surface area contributed by atoms with E-state index in [-0.39, 0.29) is 17.1 Å². The van der Waals surface area contributed by atoms with Crippen molar-refractivity contribution in [1.29, 1.82) is 0 Å². The summed E-state index contributed by atoms with van der Waals surface area (Å²) in [6.45, 7) is 5.83. The Bertz CT molecular complexity index is 501. The molecule has 0 aromatic carbocycles. The maximum absolute atomic E-state index is 12.1. The number of Topliss-reactive ketones (excluding diaryl/α,β-unsaturated/α-hetero) is 1. The lowest BCUT2D eigenvalue weighted by molar-refractivity contribution is -0.135. The monoisotopic (exact) mass is 278 g/mol. The van der Waals surface area contributed by atoms with Gasteiger partial charge in [-0.25, -0.2) is 0 Å². The molecular weight excluding hydrogens is 256 g/mol. The second-order valence-corrected chi connectivity index (χ2v) is 6.26. The number of nitrogens with zero attached hydrogens (tertiary/aromatic N) is 1. The summed E-state index contributed by atoms with van der Waals surface area (Å²) in [7, 11) is 1.97. The molecule has 2 saturated heterocycles. The normalized spacial score (nSPS) is 41.4. The number of fused-ring (bicyclic) bond motifs is 1. The SMILES string of the molecule is CNC12CCOC1(C)N(CC1C(=O)C=C(C)C1=O)CC2. The number of ketones is 2. The third-order valence-corrected chi connectivity index (χ3v) is 5.50. The largest absolute Gasteiger partial charge is 0.359 e. The maximum atomic E-state index is 12.1. The fourth-order valence-electron chi connectivity index (χ4n) is 4.01. The van der Waals surface area contributed by atoms with E-state index < -0.39 is 11.6 Å². The quantitative estimate of drug-likeness (QED) is 0.762. The first-order valence-electron chi connectivity index (χ1n) is 7.28. The first-order chi connectivity index (χ1) is 9.43. The summed E-state index contributed by atoms with van der Waals surface area (Å²) in [5, 5.41) is 3.42. The van der Waals surface area contributed by atoms with Crippen molar-refractivity contribution in [2.24, 2.45) is 5.92 Å². The van der Waals surface area contributed by atoms with Gasteiger partial charge in [0, 0.05) is 13.1 Å². The molecule has 0 aromatic rings. The third kappa shape index (κ3) is 1.66. The third-order valence-electron chi connectivity index (χ3n) is 5.50. The minimum atomic E-state index is -0.538. The summed E-state index contributed by atoms with van der Waals surface area (Å²) in [6.07, 6.45) is 3.44. The van der Waals surface area contributed by atoms with Gasteiger partial charge in [-0.15, -0.1) is 0 Å². The molecular formula is C15H22N2O3. The van der Waals surface area contributed by atoms with Crippen LogP contribution in [0.3, 0.4) is 0 Å². The molecule has 3 unspecified atom stereocenters. The molecule has 1 N–H and O–H groups in total. The van der Waals surface area contributed by atoms with Crippen LogP contribution in [-0.4, -0.2) is 54.5 Å². The molecule has 3 rings (SSSR count). The highest BCUT2D eigenvalue weighted by molar-refractivity contribution is 6.21. The Labute approximate surface area is 119 Å². The second-order valence-electron chi connectivity index (χ2n) is 6.26. The van der Waals surface area contributed by atoms with Gasteiger partial charge in [0.2, 0.25) is 0 Å². The fraction of sp³-hybridized carbons (Fsp3) is 0.733. The molecule has 1 aliphatic carbocycles. The molecule has 0 saturated carbocycles. The van der Waals surface area contributed by atoms with Crippen molar-refractivity contribution in [3.63, 3.8) is 0 Å². The Morgan fingerprint density at radius 2 is 2.20 bits per heavy atom.